The van der Waals surface area contributed by atoms with Gasteiger partial charge in [0.15, 0.2) is 0 Å². The van der Waals surface area contributed by atoms with Crippen LogP contribution in [0.25, 0.3) is 0 Å². The first kappa shape index (κ1) is 22.2. The predicted octanol–water partition coefficient (Wildman–Crippen LogP) is 3.01. The Hall–Kier alpha value is -2.09. The average Bonchev–Trinajstić information content (AvgIpc) is 2.62. The van der Waals surface area contributed by atoms with E-state index in [0.717, 1.165) is 31.5 Å². The first-order chi connectivity index (χ1) is 12.8. The van der Waals surface area contributed by atoms with Gasteiger partial charge in [-0.05, 0) is 68.6 Å². The lowest BCUT2D eigenvalue weighted by Gasteiger charge is -2.24. The SMILES string of the molecule is Cc1cccc(NS(=O)(=O)c2cc(C(=O)NC3CCCNC3)ccc2C)c1.Cl. The maximum absolute atomic E-state index is 12.8. The Kier molecular flexibility index (Phi) is 7.46. The first-order valence-electron chi connectivity index (χ1n) is 9.07. The Morgan fingerprint density at radius 3 is 2.61 bits per heavy atom. The van der Waals surface area contributed by atoms with Crippen molar-refractivity contribution < 1.29 is 13.2 Å². The number of sulfonamides is 1. The highest BCUT2D eigenvalue weighted by atomic mass is 35.5. The molecule has 2 aromatic carbocycles. The zero-order valence-corrected chi connectivity index (χ0v) is 17.6. The topological polar surface area (TPSA) is 87.3 Å². The van der Waals surface area contributed by atoms with Gasteiger partial charge in [0.05, 0.1) is 4.90 Å². The van der Waals surface area contributed by atoms with E-state index in [4.69, 9.17) is 0 Å². The van der Waals surface area contributed by atoms with Crippen molar-refractivity contribution in [2.24, 2.45) is 0 Å². The van der Waals surface area contributed by atoms with Crippen LogP contribution in [0.5, 0.6) is 0 Å². The number of piperidine rings is 1. The van der Waals surface area contributed by atoms with Crippen LogP contribution in [0.3, 0.4) is 0 Å². The molecule has 1 saturated heterocycles. The van der Waals surface area contributed by atoms with Gasteiger partial charge in [-0.3, -0.25) is 9.52 Å². The molecule has 6 nitrogen and oxygen atoms in total. The van der Waals surface area contributed by atoms with E-state index in [9.17, 15) is 13.2 Å². The van der Waals surface area contributed by atoms with Gasteiger partial charge in [0.2, 0.25) is 0 Å². The molecule has 0 bridgehead atoms. The summed E-state index contributed by atoms with van der Waals surface area (Å²) in [5, 5.41) is 6.22. The minimum absolute atomic E-state index is 0. The summed E-state index contributed by atoms with van der Waals surface area (Å²) in [4.78, 5) is 12.7. The number of nitrogens with one attached hydrogen (secondary N) is 3. The number of hydrogen-bond donors (Lipinski definition) is 3. The zero-order valence-electron chi connectivity index (χ0n) is 16.0. The molecule has 0 aromatic heterocycles. The molecular weight excluding hydrogens is 398 g/mol. The Morgan fingerprint density at radius 1 is 1.14 bits per heavy atom. The molecule has 1 aliphatic heterocycles. The lowest BCUT2D eigenvalue weighted by atomic mass is 10.1. The van der Waals surface area contributed by atoms with E-state index in [1.807, 2.05) is 13.0 Å². The van der Waals surface area contributed by atoms with E-state index in [0.29, 0.717) is 16.8 Å². The van der Waals surface area contributed by atoms with Crippen molar-refractivity contribution >= 4 is 34.0 Å². The number of carbonyl (C=O) groups excluding carboxylic acids is 1. The van der Waals surface area contributed by atoms with Crippen LogP contribution in [-0.2, 0) is 10.0 Å². The van der Waals surface area contributed by atoms with E-state index in [1.165, 1.54) is 6.07 Å². The van der Waals surface area contributed by atoms with Crippen LogP contribution < -0.4 is 15.4 Å². The molecule has 1 aliphatic rings. The standard InChI is InChI=1S/C20H25N3O3S.ClH/c1-14-5-3-6-17(11-14)23-27(25,26)19-12-16(9-8-15(19)2)20(24)22-18-7-4-10-21-13-18;/h3,5-6,8-9,11-12,18,21,23H,4,7,10,13H2,1-2H3,(H,22,24);1H. The predicted molar refractivity (Wildman–Crippen MR) is 114 cm³/mol. The number of carbonyl (C=O) groups is 1. The number of halogens is 1. The normalized spacial score (nSPS) is 16.7. The van der Waals surface area contributed by atoms with Crippen LogP contribution in [0.2, 0.25) is 0 Å². The number of benzene rings is 2. The monoisotopic (exact) mass is 423 g/mol. The fourth-order valence-electron chi connectivity index (χ4n) is 3.19. The van der Waals surface area contributed by atoms with Crippen molar-refractivity contribution in [2.75, 3.05) is 17.8 Å². The lowest BCUT2D eigenvalue weighted by Crippen LogP contribution is -2.45. The molecule has 1 unspecified atom stereocenters. The molecule has 2 aromatic rings. The molecule has 0 radical (unpaired) electrons. The number of aryl methyl sites for hydroxylation is 2. The molecule has 8 heteroatoms. The third-order valence-electron chi connectivity index (χ3n) is 4.64. The second-order valence-electron chi connectivity index (χ2n) is 6.97. The highest BCUT2D eigenvalue weighted by molar-refractivity contribution is 7.92. The average molecular weight is 424 g/mol. The molecular formula is C20H26ClN3O3S. The minimum atomic E-state index is -3.79. The summed E-state index contributed by atoms with van der Waals surface area (Å²) in [6.07, 6.45) is 1.93. The van der Waals surface area contributed by atoms with Crippen LogP contribution in [0, 0.1) is 13.8 Å². The summed E-state index contributed by atoms with van der Waals surface area (Å²) >= 11 is 0. The van der Waals surface area contributed by atoms with Gasteiger partial charge in [-0.1, -0.05) is 18.2 Å². The van der Waals surface area contributed by atoms with Gasteiger partial charge in [-0.15, -0.1) is 12.4 Å². The van der Waals surface area contributed by atoms with Crippen molar-refractivity contribution in [3.8, 4) is 0 Å². The maximum Gasteiger partial charge on any atom is 0.262 e. The van der Waals surface area contributed by atoms with Gasteiger partial charge in [-0.2, -0.15) is 0 Å². The van der Waals surface area contributed by atoms with Gasteiger partial charge in [0.1, 0.15) is 0 Å². The number of anilines is 1. The maximum atomic E-state index is 12.8. The van der Waals surface area contributed by atoms with E-state index in [-0.39, 0.29) is 29.3 Å². The molecule has 1 heterocycles. The van der Waals surface area contributed by atoms with Crippen LogP contribution >= 0.6 is 12.4 Å². The Labute approximate surface area is 172 Å². The second kappa shape index (κ2) is 9.41. The molecule has 3 rings (SSSR count). The first-order valence-corrected chi connectivity index (χ1v) is 10.6. The Morgan fingerprint density at radius 2 is 1.93 bits per heavy atom. The fourth-order valence-corrected chi connectivity index (χ4v) is 4.51. The Bertz CT molecular complexity index is 941. The van der Waals surface area contributed by atoms with Gasteiger partial charge >= 0.3 is 0 Å². The molecule has 28 heavy (non-hydrogen) atoms. The number of hydrogen-bond acceptors (Lipinski definition) is 4. The molecule has 1 amide bonds. The zero-order chi connectivity index (χ0) is 19.4. The van der Waals surface area contributed by atoms with Crippen molar-refractivity contribution in [1.29, 1.82) is 0 Å². The van der Waals surface area contributed by atoms with Crippen LogP contribution in [0.1, 0.15) is 34.3 Å². The van der Waals surface area contributed by atoms with Crippen molar-refractivity contribution in [3.63, 3.8) is 0 Å². The third kappa shape index (κ3) is 5.47. The number of amides is 1. The smallest absolute Gasteiger partial charge is 0.262 e. The summed E-state index contributed by atoms with van der Waals surface area (Å²) < 4.78 is 28.3. The quantitative estimate of drug-likeness (QED) is 0.689. The minimum Gasteiger partial charge on any atom is -0.348 e. The largest absolute Gasteiger partial charge is 0.348 e. The van der Waals surface area contributed by atoms with E-state index in [1.54, 1.807) is 37.3 Å². The number of rotatable bonds is 5. The van der Waals surface area contributed by atoms with Crippen LogP contribution in [0.15, 0.2) is 47.4 Å². The summed E-state index contributed by atoms with van der Waals surface area (Å²) in [7, 11) is -3.79. The van der Waals surface area contributed by atoms with Crippen molar-refractivity contribution in [2.45, 2.75) is 37.6 Å². The van der Waals surface area contributed by atoms with E-state index < -0.39 is 10.0 Å². The molecule has 1 atom stereocenters. The third-order valence-corrected chi connectivity index (χ3v) is 6.17. The molecule has 0 spiro atoms. The molecule has 0 aliphatic carbocycles. The van der Waals surface area contributed by atoms with Crippen molar-refractivity contribution in [1.82, 2.24) is 10.6 Å². The van der Waals surface area contributed by atoms with E-state index in [2.05, 4.69) is 15.4 Å². The van der Waals surface area contributed by atoms with Gasteiger partial charge in [0, 0.05) is 23.8 Å². The molecule has 1 fully saturated rings. The summed E-state index contributed by atoms with van der Waals surface area (Å²) in [6.45, 7) is 5.31. The highest BCUT2D eigenvalue weighted by Gasteiger charge is 2.21. The highest BCUT2D eigenvalue weighted by Crippen LogP contribution is 2.21. The fraction of sp³-hybridized carbons (Fsp3) is 0.350. The van der Waals surface area contributed by atoms with Crippen molar-refractivity contribution in [3.05, 3.63) is 59.2 Å². The second-order valence-corrected chi connectivity index (χ2v) is 8.62. The van der Waals surface area contributed by atoms with Gasteiger partial charge < -0.3 is 10.6 Å². The summed E-state index contributed by atoms with van der Waals surface area (Å²) in [5.74, 6) is -0.254. The molecule has 3 N–H and O–H groups in total. The van der Waals surface area contributed by atoms with E-state index >= 15 is 0 Å². The van der Waals surface area contributed by atoms with Crippen LogP contribution in [-0.4, -0.2) is 33.5 Å². The molecule has 0 saturated carbocycles. The van der Waals surface area contributed by atoms with Gasteiger partial charge in [-0.25, -0.2) is 8.42 Å². The van der Waals surface area contributed by atoms with Crippen LogP contribution in [0.4, 0.5) is 5.69 Å². The summed E-state index contributed by atoms with van der Waals surface area (Å²) in [6, 6.07) is 12.0. The Balaban J connectivity index is 0.00000280. The van der Waals surface area contributed by atoms with Gasteiger partial charge in [0.25, 0.3) is 15.9 Å². The molecule has 152 valence electrons. The summed E-state index contributed by atoms with van der Waals surface area (Å²) in [5.41, 5.74) is 2.39. The lowest BCUT2D eigenvalue weighted by molar-refractivity contribution is 0.0930.